The number of hydrogen-bond donors (Lipinski definition) is 2. The number of carbonyl (C=O) groups is 1. The summed E-state index contributed by atoms with van der Waals surface area (Å²) in [6.45, 7) is 3.93. The van der Waals surface area contributed by atoms with E-state index in [9.17, 15) is 4.79 Å². The molecule has 0 fully saturated rings. The molecule has 17 heavy (non-hydrogen) atoms. The van der Waals surface area contributed by atoms with Crippen LogP contribution in [0.3, 0.4) is 0 Å². The van der Waals surface area contributed by atoms with Gasteiger partial charge in [0.15, 0.2) is 0 Å². The van der Waals surface area contributed by atoms with Gasteiger partial charge in [0.2, 0.25) is 5.91 Å². The molecule has 0 saturated heterocycles. The minimum atomic E-state index is -0.632. The summed E-state index contributed by atoms with van der Waals surface area (Å²) < 4.78 is 0. The van der Waals surface area contributed by atoms with Gasteiger partial charge in [-0.1, -0.05) is 24.3 Å². The van der Waals surface area contributed by atoms with Gasteiger partial charge in [-0.3, -0.25) is 4.79 Å². The summed E-state index contributed by atoms with van der Waals surface area (Å²) in [6.07, 6.45) is 0. The molecule has 0 aliphatic rings. The number of rotatable bonds is 6. The number of aryl methyl sites for hydroxylation is 1. The Hall–Kier alpha value is -1.00. The Bertz CT molecular complexity index is 395. The number of nitrogens with two attached hydrogens (primary N) is 1. The summed E-state index contributed by atoms with van der Waals surface area (Å²) in [5.74, 6) is 1.27. The Morgan fingerprint density at radius 1 is 1.47 bits per heavy atom. The normalized spacial score (nSPS) is 14.3. The minimum absolute atomic E-state index is 0.308. The van der Waals surface area contributed by atoms with Gasteiger partial charge in [-0.25, -0.2) is 0 Å². The van der Waals surface area contributed by atoms with Crippen LogP contribution in [0, 0.1) is 6.92 Å². The van der Waals surface area contributed by atoms with E-state index in [2.05, 4.69) is 24.4 Å². The predicted octanol–water partition coefficient (Wildman–Crippen LogP) is 1.69. The van der Waals surface area contributed by atoms with Crippen molar-refractivity contribution in [2.24, 2.45) is 5.73 Å². The number of benzene rings is 1. The fourth-order valence-electron chi connectivity index (χ4n) is 1.40. The van der Waals surface area contributed by atoms with Crippen molar-refractivity contribution in [1.82, 2.24) is 5.32 Å². The molecule has 1 atom stereocenters. The van der Waals surface area contributed by atoms with Crippen molar-refractivity contribution in [3.05, 3.63) is 35.4 Å². The Kier molecular flexibility index (Phi) is 5.02. The average Bonchev–Trinajstić information content (AvgIpc) is 2.31. The SMILES string of the molecule is CNC(C)(CSCc1ccccc1C)C(N)=O. The molecular formula is C13H20N2OS. The smallest absolute Gasteiger partial charge is 0.238 e. The molecule has 0 radical (unpaired) electrons. The lowest BCUT2D eigenvalue weighted by atomic mass is 10.1. The first kappa shape index (κ1) is 14.1. The van der Waals surface area contributed by atoms with Crippen LogP contribution in [0.15, 0.2) is 24.3 Å². The molecule has 1 amide bonds. The molecule has 1 aromatic rings. The Balaban J connectivity index is 2.53. The Morgan fingerprint density at radius 3 is 2.65 bits per heavy atom. The fraction of sp³-hybridized carbons (Fsp3) is 0.462. The van der Waals surface area contributed by atoms with Crippen LogP contribution in [0.4, 0.5) is 0 Å². The zero-order valence-electron chi connectivity index (χ0n) is 10.6. The fourth-order valence-corrected chi connectivity index (χ4v) is 2.74. The van der Waals surface area contributed by atoms with Crippen molar-refractivity contribution in [3.63, 3.8) is 0 Å². The standard InChI is InChI=1S/C13H20N2OS/c1-10-6-4-5-7-11(10)8-17-9-13(2,15-3)12(14)16/h4-7,15H,8-9H2,1-3H3,(H2,14,16). The molecule has 0 aliphatic carbocycles. The van der Waals surface area contributed by atoms with Gasteiger partial charge in [0.1, 0.15) is 5.54 Å². The summed E-state index contributed by atoms with van der Waals surface area (Å²) in [7, 11) is 1.76. The third kappa shape index (κ3) is 3.75. The lowest BCUT2D eigenvalue weighted by Crippen LogP contribution is -2.53. The van der Waals surface area contributed by atoms with E-state index in [-0.39, 0.29) is 5.91 Å². The molecule has 1 unspecified atom stereocenters. The van der Waals surface area contributed by atoms with Gasteiger partial charge in [-0.2, -0.15) is 11.8 Å². The number of likely N-dealkylation sites (N-methyl/N-ethyl adjacent to an activating group) is 1. The van der Waals surface area contributed by atoms with E-state index in [1.807, 2.05) is 19.1 Å². The van der Waals surface area contributed by atoms with Crippen molar-refractivity contribution in [1.29, 1.82) is 0 Å². The molecule has 94 valence electrons. The summed E-state index contributed by atoms with van der Waals surface area (Å²) in [4.78, 5) is 11.3. The van der Waals surface area contributed by atoms with Crippen LogP contribution in [-0.4, -0.2) is 24.2 Å². The number of carbonyl (C=O) groups excluding carboxylic acids is 1. The van der Waals surface area contributed by atoms with Gasteiger partial charge >= 0.3 is 0 Å². The lowest BCUT2D eigenvalue weighted by molar-refractivity contribution is -0.122. The van der Waals surface area contributed by atoms with Crippen LogP contribution in [0.5, 0.6) is 0 Å². The van der Waals surface area contributed by atoms with Crippen molar-refractivity contribution in [3.8, 4) is 0 Å². The van der Waals surface area contributed by atoms with Crippen molar-refractivity contribution in [2.75, 3.05) is 12.8 Å². The second-order valence-electron chi connectivity index (χ2n) is 4.37. The van der Waals surface area contributed by atoms with E-state index in [1.54, 1.807) is 18.8 Å². The molecule has 0 spiro atoms. The van der Waals surface area contributed by atoms with Gasteiger partial charge in [0.25, 0.3) is 0 Å². The van der Waals surface area contributed by atoms with Gasteiger partial charge in [-0.15, -0.1) is 0 Å². The molecule has 0 bridgehead atoms. The second kappa shape index (κ2) is 6.07. The highest BCUT2D eigenvalue weighted by Crippen LogP contribution is 2.19. The summed E-state index contributed by atoms with van der Waals surface area (Å²) in [6, 6.07) is 8.28. The van der Waals surface area contributed by atoms with E-state index in [0.717, 1.165) is 5.75 Å². The van der Waals surface area contributed by atoms with Crippen LogP contribution in [0.25, 0.3) is 0 Å². The largest absolute Gasteiger partial charge is 0.368 e. The molecular weight excluding hydrogens is 232 g/mol. The maximum Gasteiger partial charge on any atom is 0.238 e. The van der Waals surface area contributed by atoms with Gasteiger partial charge < -0.3 is 11.1 Å². The summed E-state index contributed by atoms with van der Waals surface area (Å²) in [5.41, 5.74) is 7.33. The first-order chi connectivity index (χ1) is 7.99. The number of thioether (sulfide) groups is 1. The van der Waals surface area contributed by atoms with Crippen molar-refractivity contribution in [2.45, 2.75) is 25.1 Å². The topological polar surface area (TPSA) is 55.1 Å². The maximum absolute atomic E-state index is 11.3. The molecule has 1 aromatic carbocycles. The molecule has 4 heteroatoms. The summed E-state index contributed by atoms with van der Waals surface area (Å²) in [5, 5.41) is 2.98. The molecule has 0 heterocycles. The molecule has 1 rings (SSSR count). The van der Waals surface area contributed by atoms with Gasteiger partial charge in [-0.05, 0) is 32.0 Å². The van der Waals surface area contributed by atoms with Crippen LogP contribution in [-0.2, 0) is 10.5 Å². The van der Waals surface area contributed by atoms with Crippen LogP contribution < -0.4 is 11.1 Å². The first-order valence-corrected chi connectivity index (χ1v) is 6.76. The summed E-state index contributed by atoms with van der Waals surface area (Å²) >= 11 is 1.72. The highest BCUT2D eigenvalue weighted by Gasteiger charge is 2.28. The van der Waals surface area contributed by atoms with Crippen molar-refractivity contribution < 1.29 is 4.79 Å². The predicted molar refractivity (Wildman–Crippen MR) is 74.0 cm³/mol. The lowest BCUT2D eigenvalue weighted by Gasteiger charge is -2.24. The molecule has 0 aromatic heterocycles. The minimum Gasteiger partial charge on any atom is -0.368 e. The van der Waals surface area contributed by atoms with E-state index in [4.69, 9.17) is 5.73 Å². The van der Waals surface area contributed by atoms with Crippen LogP contribution >= 0.6 is 11.8 Å². The molecule has 3 N–H and O–H groups in total. The average molecular weight is 252 g/mol. The monoisotopic (exact) mass is 252 g/mol. The molecule has 0 aliphatic heterocycles. The number of nitrogens with one attached hydrogen (secondary N) is 1. The molecule has 0 saturated carbocycles. The van der Waals surface area contributed by atoms with E-state index < -0.39 is 5.54 Å². The van der Waals surface area contributed by atoms with E-state index in [0.29, 0.717) is 5.75 Å². The van der Waals surface area contributed by atoms with Gasteiger partial charge in [0.05, 0.1) is 0 Å². The van der Waals surface area contributed by atoms with Crippen molar-refractivity contribution >= 4 is 17.7 Å². The first-order valence-electron chi connectivity index (χ1n) is 5.60. The quantitative estimate of drug-likeness (QED) is 0.810. The zero-order valence-corrected chi connectivity index (χ0v) is 11.4. The molecule has 3 nitrogen and oxygen atoms in total. The maximum atomic E-state index is 11.3. The second-order valence-corrected chi connectivity index (χ2v) is 5.35. The van der Waals surface area contributed by atoms with Crippen LogP contribution in [0.1, 0.15) is 18.1 Å². The third-order valence-electron chi connectivity index (χ3n) is 3.01. The highest BCUT2D eigenvalue weighted by atomic mass is 32.2. The van der Waals surface area contributed by atoms with E-state index in [1.165, 1.54) is 11.1 Å². The number of amides is 1. The Morgan fingerprint density at radius 2 is 2.12 bits per heavy atom. The van der Waals surface area contributed by atoms with Gasteiger partial charge in [0, 0.05) is 11.5 Å². The highest BCUT2D eigenvalue weighted by molar-refractivity contribution is 7.98. The number of primary amides is 1. The third-order valence-corrected chi connectivity index (χ3v) is 4.30. The van der Waals surface area contributed by atoms with E-state index >= 15 is 0 Å². The number of hydrogen-bond acceptors (Lipinski definition) is 3. The van der Waals surface area contributed by atoms with Crippen LogP contribution in [0.2, 0.25) is 0 Å². The Labute approximate surface area is 107 Å². The zero-order chi connectivity index (χ0) is 12.9.